The second-order valence-electron chi connectivity index (χ2n) is 9.23. The Bertz CT molecular complexity index is 1240. The van der Waals surface area contributed by atoms with Crippen LogP contribution in [0.25, 0.3) is 22.4 Å². The number of aliphatic hydroxyl groups excluding tert-OH is 1. The average Bonchev–Trinajstić information content (AvgIpc) is 3.16. The Morgan fingerprint density at radius 2 is 2.06 bits per heavy atom. The Morgan fingerprint density at radius 1 is 1.31 bits per heavy atom. The minimum Gasteiger partial charge on any atom is -0.394 e. The molecule has 0 saturated heterocycles. The molecule has 4 rings (SSSR count). The van der Waals surface area contributed by atoms with E-state index in [-0.39, 0.29) is 18.5 Å². The zero-order valence-corrected chi connectivity index (χ0v) is 20.5. The number of halogens is 1. The molecule has 0 spiro atoms. The highest BCUT2D eigenvalue weighted by Crippen LogP contribution is 2.35. The van der Waals surface area contributed by atoms with Crippen LogP contribution in [0.4, 0.5) is 10.7 Å². The average molecular weight is 500 g/mol. The molecule has 35 heavy (non-hydrogen) atoms. The van der Waals surface area contributed by atoms with Crippen molar-refractivity contribution in [2.45, 2.75) is 52.1 Å². The lowest BCUT2D eigenvalue weighted by Crippen LogP contribution is -2.24. The summed E-state index contributed by atoms with van der Waals surface area (Å²) in [6.07, 6.45) is 3.45. The number of rotatable bonds is 7. The zero-order valence-electron chi connectivity index (χ0n) is 19.8. The summed E-state index contributed by atoms with van der Waals surface area (Å²) >= 11 is 6.28. The molecule has 1 atom stereocenters. The van der Waals surface area contributed by atoms with Gasteiger partial charge in [0.15, 0.2) is 5.65 Å². The number of primary amides is 1. The van der Waals surface area contributed by atoms with Crippen LogP contribution in [-0.4, -0.2) is 49.3 Å². The Balaban J connectivity index is 1.90. The predicted octanol–water partition coefficient (Wildman–Crippen LogP) is 4.19. The quantitative estimate of drug-likeness (QED) is 0.281. The van der Waals surface area contributed by atoms with Crippen molar-refractivity contribution >= 4 is 40.7 Å². The van der Waals surface area contributed by atoms with Gasteiger partial charge in [-0.2, -0.15) is 4.98 Å². The first-order chi connectivity index (χ1) is 16.7. The molecule has 3 aromatic rings. The Morgan fingerprint density at radius 3 is 2.71 bits per heavy atom. The molecule has 1 aliphatic rings. The highest BCUT2D eigenvalue weighted by Gasteiger charge is 2.26. The fourth-order valence-corrected chi connectivity index (χ4v) is 4.64. The minimum atomic E-state index is -1.13. The first-order valence-corrected chi connectivity index (χ1v) is 12.1. The first-order valence-electron chi connectivity index (χ1n) is 11.7. The lowest BCUT2D eigenvalue weighted by Gasteiger charge is -2.27. The van der Waals surface area contributed by atoms with Crippen LogP contribution in [0.3, 0.4) is 0 Å². The highest BCUT2D eigenvalue weighted by atomic mass is 35.5. The van der Waals surface area contributed by atoms with Gasteiger partial charge in [-0.1, -0.05) is 43.5 Å². The van der Waals surface area contributed by atoms with Gasteiger partial charge in [-0.05, 0) is 43.7 Å². The van der Waals surface area contributed by atoms with E-state index in [0.717, 1.165) is 18.8 Å². The standard InChI is InChI=1S/C24H30ClN7O3/c1-13-6-8-15(9-7-13)11-32-19-18(16-4-3-5-17(25)10-16)29-22(20(26)35-23(27)34)30-21(19)31-24(32)28-14(2)12-33/h3-5,10,13-15,26,33H,6-9,11-12H2,1-2H3,(H2,27,34)(H,28,29,30,31)/t13?,14-,15?/m1/s1. The number of nitrogens with zero attached hydrogens (tertiary/aromatic N) is 4. The van der Waals surface area contributed by atoms with E-state index >= 15 is 0 Å². The van der Waals surface area contributed by atoms with E-state index in [1.54, 1.807) is 12.1 Å². The van der Waals surface area contributed by atoms with Gasteiger partial charge in [0.25, 0.3) is 5.90 Å². The van der Waals surface area contributed by atoms with E-state index in [9.17, 15) is 9.90 Å². The minimum absolute atomic E-state index is 0.0701. The second-order valence-corrected chi connectivity index (χ2v) is 9.66. The van der Waals surface area contributed by atoms with E-state index in [2.05, 4.69) is 26.8 Å². The van der Waals surface area contributed by atoms with Crippen LogP contribution in [0, 0.1) is 17.2 Å². The molecule has 186 valence electrons. The summed E-state index contributed by atoms with van der Waals surface area (Å²) in [5, 5.41) is 21.5. The molecule has 1 saturated carbocycles. The molecule has 10 nitrogen and oxygen atoms in total. The summed E-state index contributed by atoms with van der Waals surface area (Å²) in [6.45, 7) is 4.78. The van der Waals surface area contributed by atoms with Gasteiger partial charge in [-0.3, -0.25) is 5.41 Å². The monoisotopic (exact) mass is 499 g/mol. The number of fused-ring (bicyclic) bond motifs is 1. The maximum Gasteiger partial charge on any atom is 0.411 e. The number of nitrogens with two attached hydrogens (primary N) is 1. The molecule has 5 N–H and O–H groups in total. The van der Waals surface area contributed by atoms with Crippen LogP contribution >= 0.6 is 11.6 Å². The van der Waals surface area contributed by atoms with Crippen molar-refractivity contribution in [2.75, 3.05) is 11.9 Å². The molecular formula is C24H30ClN7O3. The summed E-state index contributed by atoms with van der Waals surface area (Å²) in [6, 6.07) is 6.97. The van der Waals surface area contributed by atoms with E-state index in [1.165, 1.54) is 12.8 Å². The summed E-state index contributed by atoms with van der Waals surface area (Å²) in [4.78, 5) is 24.9. The number of hydrogen-bond acceptors (Lipinski definition) is 8. The Labute approximate surface area is 208 Å². The van der Waals surface area contributed by atoms with Crippen molar-refractivity contribution in [1.29, 1.82) is 5.41 Å². The van der Waals surface area contributed by atoms with Gasteiger partial charge in [0.1, 0.15) is 11.2 Å². The summed E-state index contributed by atoms with van der Waals surface area (Å²) < 4.78 is 6.79. The van der Waals surface area contributed by atoms with E-state index in [0.29, 0.717) is 45.9 Å². The van der Waals surface area contributed by atoms with Crippen molar-refractivity contribution < 1.29 is 14.6 Å². The number of amides is 1. The molecule has 11 heteroatoms. The summed E-state index contributed by atoms with van der Waals surface area (Å²) in [5.41, 5.74) is 7.32. The van der Waals surface area contributed by atoms with Gasteiger partial charge in [-0.25, -0.2) is 14.8 Å². The van der Waals surface area contributed by atoms with E-state index < -0.39 is 12.0 Å². The molecule has 2 heterocycles. The fraction of sp³-hybridized carbons (Fsp3) is 0.458. The number of anilines is 1. The molecule has 1 aromatic carbocycles. The molecule has 0 bridgehead atoms. The number of carbonyl (C=O) groups is 1. The third-order valence-electron chi connectivity index (χ3n) is 6.33. The molecule has 0 aliphatic heterocycles. The van der Waals surface area contributed by atoms with Gasteiger partial charge in [0.2, 0.25) is 11.8 Å². The second kappa shape index (κ2) is 10.6. The van der Waals surface area contributed by atoms with Gasteiger partial charge in [-0.15, -0.1) is 0 Å². The Hall–Kier alpha value is -3.24. The maximum absolute atomic E-state index is 11.2. The fourth-order valence-electron chi connectivity index (χ4n) is 4.44. The molecule has 2 aromatic heterocycles. The van der Waals surface area contributed by atoms with Crippen molar-refractivity contribution in [3.05, 3.63) is 35.1 Å². The number of hydrogen-bond donors (Lipinski definition) is 4. The van der Waals surface area contributed by atoms with E-state index in [4.69, 9.17) is 32.5 Å². The topological polar surface area (TPSA) is 152 Å². The normalized spacial score (nSPS) is 18.9. The number of aliphatic hydroxyl groups is 1. The maximum atomic E-state index is 11.2. The lowest BCUT2D eigenvalue weighted by molar-refractivity contribution is 0.207. The zero-order chi connectivity index (χ0) is 25.1. The molecule has 1 amide bonds. The first kappa shape index (κ1) is 24.9. The predicted molar refractivity (Wildman–Crippen MR) is 135 cm³/mol. The van der Waals surface area contributed by atoms with Gasteiger partial charge >= 0.3 is 6.09 Å². The number of benzene rings is 1. The highest BCUT2D eigenvalue weighted by molar-refractivity contribution is 6.30. The number of carbonyl (C=O) groups excluding carboxylic acids is 1. The molecule has 1 aliphatic carbocycles. The smallest absolute Gasteiger partial charge is 0.394 e. The van der Waals surface area contributed by atoms with Crippen molar-refractivity contribution in [1.82, 2.24) is 19.5 Å². The molecule has 0 radical (unpaired) electrons. The number of nitrogens with one attached hydrogen (secondary N) is 2. The third kappa shape index (κ3) is 5.71. The van der Waals surface area contributed by atoms with Gasteiger partial charge in [0, 0.05) is 23.2 Å². The van der Waals surface area contributed by atoms with Crippen LogP contribution in [-0.2, 0) is 11.3 Å². The van der Waals surface area contributed by atoms with Crippen LogP contribution in [0.1, 0.15) is 45.4 Å². The van der Waals surface area contributed by atoms with Crippen LogP contribution < -0.4 is 11.1 Å². The lowest BCUT2D eigenvalue weighted by atomic mass is 9.83. The van der Waals surface area contributed by atoms with Crippen molar-refractivity contribution in [3.8, 4) is 11.3 Å². The largest absolute Gasteiger partial charge is 0.411 e. The number of aromatic nitrogens is 4. The molecular weight excluding hydrogens is 470 g/mol. The van der Waals surface area contributed by atoms with Crippen LogP contribution in [0.5, 0.6) is 0 Å². The molecule has 0 unspecified atom stereocenters. The van der Waals surface area contributed by atoms with Crippen molar-refractivity contribution in [3.63, 3.8) is 0 Å². The summed E-state index contributed by atoms with van der Waals surface area (Å²) in [7, 11) is 0. The third-order valence-corrected chi connectivity index (χ3v) is 6.57. The van der Waals surface area contributed by atoms with Gasteiger partial charge in [0.05, 0.1) is 6.61 Å². The Kier molecular flexibility index (Phi) is 7.51. The number of imidazole rings is 1. The van der Waals surface area contributed by atoms with Crippen molar-refractivity contribution in [2.24, 2.45) is 17.6 Å². The van der Waals surface area contributed by atoms with E-state index in [1.807, 2.05) is 19.1 Å². The number of ether oxygens (including phenoxy) is 1. The SMILES string of the molecule is CC1CCC(Cn2c(N[C@H](C)CO)nc3nc(C(=N)OC(N)=O)nc(-c4cccc(Cl)c4)c32)CC1. The molecule has 1 fully saturated rings. The van der Waals surface area contributed by atoms with Crippen LogP contribution in [0.15, 0.2) is 24.3 Å². The van der Waals surface area contributed by atoms with Gasteiger partial charge < -0.3 is 25.5 Å². The summed E-state index contributed by atoms with van der Waals surface area (Å²) in [5.74, 6) is 1.04. The van der Waals surface area contributed by atoms with Crippen LogP contribution in [0.2, 0.25) is 5.02 Å².